The minimum Gasteiger partial charge on any atom is -1.00 e. The Balaban J connectivity index is -0.0000000309. The van der Waals surface area contributed by atoms with Crippen molar-refractivity contribution in [1.29, 1.82) is 0 Å². The van der Waals surface area contributed by atoms with Crippen molar-refractivity contribution in [3.05, 3.63) is 0 Å². The van der Waals surface area contributed by atoms with Crippen LogP contribution in [-0.2, 0) is 14.3 Å². The molecule has 0 aromatic carbocycles. The van der Waals surface area contributed by atoms with Gasteiger partial charge in [0.25, 0.3) is 0 Å². The van der Waals surface area contributed by atoms with E-state index >= 15 is 0 Å². The van der Waals surface area contributed by atoms with Crippen LogP contribution in [0.15, 0.2) is 0 Å². The molecule has 0 radical (unpaired) electrons. The van der Waals surface area contributed by atoms with Crippen LogP contribution in [0.2, 0.25) is 0 Å². The Bertz CT molecular complexity index is 511. The van der Waals surface area contributed by atoms with Crippen molar-refractivity contribution >= 4 is 35.0 Å². The summed E-state index contributed by atoms with van der Waals surface area (Å²) in [5.74, 6) is -3.06. The first-order valence-corrected chi connectivity index (χ1v) is 7.92. The fourth-order valence-corrected chi connectivity index (χ4v) is 1.74. The van der Waals surface area contributed by atoms with Gasteiger partial charge in [0.2, 0.25) is 0 Å². The second-order valence-corrected chi connectivity index (χ2v) is 5.71. The zero-order chi connectivity index (χ0) is 23.5. The Morgan fingerprint density at radius 3 is 1.39 bits per heavy atom. The van der Waals surface area contributed by atoms with Crippen molar-refractivity contribution in [2.75, 3.05) is 13.2 Å². The summed E-state index contributed by atoms with van der Waals surface area (Å²) in [6.07, 6.45) is -15.1. The molecule has 0 bridgehead atoms. The van der Waals surface area contributed by atoms with Crippen LogP contribution in [0.3, 0.4) is 0 Å². The van der Waals surface area contributed by atoms with Crippen molar-refractivity contribution in [3.63, 3.8) is 0 Å². The Kier molecular flexibility index (Phi) is 82.0. The molecule has 0 aromatic heterocycles. The zero-order valence-electron chi connectivity index (χ0n) is 21.3. The normalized spacial score (nSPS) is 23.2. The quantitative estimate of drug-likeness (QED) is 0.115. The third-order valence-electron chi connectivity index (χ3n) is 3.36. The van der Waals surface area contributed by atoms with Crippen molar-refractivity contribution in [3.8, 4) is 0 Å². The fourth-order valence-electron chi connectivity index (χ4n) is 1.74. The van der Waals surface area contributed by atoms with Gasteiger partial charge in [0.15, 0.2) is 6.29 Å². The summed E-state index contributed by atoms with van der Waals surface area (Å²) in [6.45, 7) is -0.417. The topological polar surface area (TPSA) is 292 Å². The van der Waals surface area contributed by atoms with Crippen molar-refractivity contribution in [2.24, 2.45) is 0 Å². The number of carboxylic acids is 2. The third-order valence-corrected chi connectivity index (χ3v) is 3.36. The summed E-state index contributed by atoms with van der Waals surface area (Å²) < 4.78 is 4.58. The van der Waals surface area contributed by atoms with Gasteiger partial charge < -0.3 is 125 Å². The molecule has 0 aromatic rings. The number of rotatable bonds is 6. The predicted molar refractivity (Wildman–Crippen MR) is 88.5 cm³/mol. The number of carbonyl (C=O) groups excluding carboxylic acids is 2. The van der Waals surface area contributed by atoms with E-state index < -0.39 is 80.3 Å². The van der Waals surface area contributed by atoms with Gasteiger partial charge in [-0.15, -0.1) is 0 Å². The summed E-state index contributed by atoms with van der Waals surface area (Å²) in [5, 5.41) is 107. The maximum atomic E-state index is 9.98. The molecule has 0 aliphatic carbocycles. The number of carbonyl (C=O) groups is 2. The molecule has 1 saturated heterocycles. The van der Waals surface area contributed by atoms with Gasteiger partial charge in [-0.3, -0.25) is 0 Å². The summed E-state index contributed by atoms with van der Waals surface area (Å²) in [5.41, 5.74) is 0. The second-order valence-electron chi connectivity index (χ2n) is 5.71. The van der Waals surface area contributed by atoms with E-state index in [-0.39, 0.29) is 213 Å². The monoisotopic (exact) mass is 706 g/mol. The Morgan fingerprint density at radius 1 is 0.789 bits per heavy atom. The van der Waals surface area contributed by atoms with Crippen LogP contribution >= 0.6 is 0 Å². The SMILES string of the molecule is CC(=O)[O-].O=C([O-])[C@H](O)[C@@H](O)[C@H](O)[C@H](O)CO.OCC1OC(O)C(O)C(O)C1O.[Cl-].[Cl-].[Cl-].[Cl-].[K+].[Mg+2].[Na+].[Na+].[Na+]. The maximum Gasteiger partial charge on any atom is 2.00 e. The van der Waals surface area contributed by atoms with E-state index in [1.165, 1.54) is 0 Å². The summed E-state index contributed by atoms with van der Waals surface area (Å²) >= 11 is 0. The van der Waals surface area contributed by atoms with Crippen LogP contribution in [0.25, 0.3) is 0 Å². The van der Waals surface area contributed by atoms with E-state index in [4.69, 9.17) is 61.0 Å². The number of aliphatic hydroxyl groups is 10. The molecule has 206 valence electrons. The minimum atomic E-state index is -2.31. The van der Waals surface area contributed by atoms with Crippen molar-refractivity contribution in [2.45, 2.75) is 62.0 Å². The second kappa shape index (κ2) is 42.1. The summed E-state index contributed by atoms with van der Waals surface area (Å²) in [6, 6.07) is 0. The average Bonchev–Trinajstić information content (AvgIpc) is 2.66. The van der Waals surface area contributed by atoms with E-state index in [0.29, 0.717) is 0 Å². The van der Waals surface area contributed by atoms with E-state index in [0.717, 1.165) is 6.92 Å². The molecule has 5 unspecified atom stereocenters. The number of hydrogen-bond donors (Lipinski definition) is 10. The molecule has 10 N–H and O–H groups in total. The molecule has 1 fully saturated rings. The van der Waals surface area contributed by atoms with E-state index in [2.05, 4.69) is 4.74 Å². The number of aliphatic hydroxyl groups excluding tert-OH is 10. The molecule has 1 aliphatic heterocycles. The molecule has 0 amide bonds. The standard InChI is InChI=1S/C6H12O7.C6H12O6.C2H4O2.4ClH.K.Mg.3Na/c7-1-2(8)3(9)4(10)5(11)6(12)13;7-1-2-3(8)4(9)5(10)6(11)12-2;1-2(3)4;;;;;;;;;/h2-5,7-11H,1H2,(H,12,13);2-11H,1H2;1H3,(H,3,4);4*1H;;;;;/q;;;;;;;+1;+2;3*+1/p-6/t2-,3-,4+,5-;;;;;;;;;;;/m1.........../s1. The number of ether oxygens (including phenoxy) is 1. The van der Waals surface area contributed by atoms with Crippen LogP contribution in [0.4, 0.5) is 0 Å². The fraction of sp³-hybridized carbons (Fsp3) is 0.857. The molecule has 0 saturated carbocycles. The van der Waals surface area contributed by atoms with Crippen LogP contribution in [0, 0.1) is 0 Å². The largest absolute Gasteiger partial charge is 2.00 e. The first kappa shape index (κ1) is 74.1. The molecule has 0 spiro atoms. The number of halogens is 4. The van der Waals surface area contributed by atoms with Crippen LogP contribution < -0.4 is 200 Å². The van der Waals surface area contributed by atoms with Crippen LogP contribution in [0.5, 0.6) is 0 Å². The maximum absolute atomic E-state index is 9.98. The van der Waals surface area contributed by atoms with Gasteiger partial charge in [0.05, 0.1) is 19.2 Å². The average molecular weight is 709 g/mol. The third kappa shape index (κ3) is 32.5. The minimum absolute atomic E-state index is 0. The van der Waals surface area contributed by atoms with Gasteiger partial charge in [-0.2, -0.15) is 0 Å². The molecule has 1 rings (SSSR count). The summed E-state index contributed by atoms with van der Waals surface area (Å²) in [7, 11) is 0. The molecule has 9 atom stereocenters. The molecule has 38 heavy (non-hydrogen) atoms. The number of hydrogen-bond acceptors (Lipinski definition) is 15. The van der Waals surface area contributed by atoms with Gasteiger partial charge >= 0.3 is 163 Å². The Hall–Kier alpha value is 5.06. The van der Waals surface area contributed by atoms with Gasteiger partial charge in [-0.05, 0) is 6.92 Å². The van der Waals surface area contributed by atoms with Crippen molar-refractivity contribution < 1.29 is 265 Å². The number of carboxylic acid groups (broad SMARTS) is 2. The van der Waals surface area contributed by atoms with Gasteiger partial charge in [-0.1, -0.05) is 0 Å². The van der Waals surface area contributed by atoms with E-state index in [1.807, 2.05) is 0 Å². The molecule has 1 heterocycles. The smallest absolute Gasteiger partial charge is 1.00 e. The Labute approximate surface area is 369 Å². The van der Waals surface area contributed by atoms with Gasteiger partial charge in [0.1, 0.15) is 48.8 Å². The first-order chi connectivity index (χ1) is 13.2. The Morgan fingerprint density at radius 2 is 1.13 bits per heavy atom. The van der Waals surface area contributed by atoms with Crippen LogP contribution in [-0.4, -0.2) is 154 Å². The predicted octanol–water partition coefficient (Wildman–Crippen LogP) is -33.6. The van der Waals surface area contributed by atoms with Gasteiger partial charge in [-0.25, -0.2) is 0 Å². The van der Waals surface area contributed by atoms with E-state index in [1.54, 1.807) is 0 Å². The first-order valence-electron chi connectivity index (χ1n) is 7.92. The molecule has 15 nitrogen and oxygen atoms in total. The van der Waals surface area contributed by atoms with Gasteiger partial charge in [0, 0.05) is 5.97 Å². The molecule has 1 aliphatic rings. The zero-order valence-corrected chi connectivity index (χ0v) is 34.9. The molecular formula is C14H26Cl4KMgNa3O15. The van der Waals surface area contributed by atoms with E-state index in [9.17, 15) is 9.90 Å². The molecular weight excluding hydrogens is 682 g/mol. The number of aliphatic carboxylic acids is 2. The van der Waals surface area contributed by atoms with Crippen molar-refractivity contribution in [1.82, 2.24) is 0 Å². The summed E-state index contributed by atoms with van der Waals surface area (Å²) in [4.78, 5) is 18.9. The molecule has 24 heteroatoms. The van der Waals surface area contributed by atoms with Crippen LogP contribution in [0.1, 0.15) is 6.92 Å².